The summed E-state index contributed by atoms with van der Waals surface area (Å²) < 4.78 is 26.3. The molecule has 3 aliphatic rings. The van der Waals surface area contributed by atoms with E-state index in [-0.39, 0.29) is 23.1 Å². The molecule has 1 aliphatic carbocycles. The second kappa shape index (κ2) is 8.97. The Kier molecular flexibility index (Phi) is 6.51. The normalized spacial score (nSPS) is 34.3. The third kappa shape index (κ3) is 4.58. The van der Waals surface area contributed by atoms with Gasteiger partial charge in [-0.3, -0.25) is 4.79 Å². The molecule has 2 heterocycles. The molecular weight excluding hydrogens is 398 g/mol. The van der Waals surface area contributed by atoms with E-state index in [1.165, 1.54) is 0 Å². The van der Waals surface area contributed by atoms with Gasteiger partial charge in [-0.15, -0.1) is 0 Å². The van der Waals surface area contributed by atoms with Crippen LogP contribution < -0.4 is 16.0 Å². The number of benzene rings is 1. The molecular formula is C23H35N3O3S. The first kappa shape index (κ1) is 21.8. The van der Waals surface area contributed by atoms with E-state index in [9.17, 15) is 13.2 Å². The van der Waals surface area contributed by atoms with Crippen molar-refractivity contribution in [1.82, 2.24) is 16.0 Å². The Hall–Kier alpha value is -1.44. The third-order valence-electron chi connectivity index (χ3n) is 7.38. The van der Waals surface area contributed by atoms with Crippen LogP contribution in [-0.2, 0) is 21.2 Å². The number of carbonyl (C=O) groups excluding carboxylic acids is 1. The standard InChI is InChI=1S/C23H35N3O3S/c1-15-3-4-16(2)22(11-15)30(28,29)19-7-5-17(6-8-19)13-25-23(27)21-12-18-14-24-10-9-20(18)26-21/h5-8,15-16,18,20-22,24,26H,3-4,9-14H2,1-2H3,(H,25,27). The van der Waals surface area contributed by atoms with Gasteiger partial charge in [0.25, 0.3) is 0 Å². The Morgan fingerprint density at radius 2 is 1.87 bits per heavy atom. The lowest BCUT2D eigenvalue weighted by Crippen LogP contribution is -2.45. The maximum Gasteiger partial charge on any atom is 0.237 e. The fourth-order valence-corrected chi connectivity index (χ4v) is 7.59. The monoisotopic (exact) mass is 433 g/mol. The molecule has 4 rings (SSSR count). The van der Waals surface area contributed by atoms with Crippen molar-refractivity contribution in [3.63, 3.8) is 0 Å². The average molecular weight is 434 g/mol. The van der Waals surface area contributed by atoms with Crippen molar-refractivity contribution in [3.8, 4) is 0 Å². The summed E-state index contributed by atoms with van der Waals surface area (Å²) in [4.78, 5) is 13.0. The summed E-state index contributed by atoms with van der Waals surface area (Å²) in [6.07, 6.45) is 4.77. The first-order chi connectivity index (χ1) is 14.3. The van der Waals surface area contributed by atoms with Crippen molar-refractivity contribution in [2.75, 3.05) is 13.1 Å². The predicted octanol–water partition coefficient (Wildman–Crippen LogP) is 2.24. The summed E-state index contributed by atoms with van der Waals surface area (Å²) >= 11 is 0. The maximum absolute atomic E-state index is 13.1. The van der Waals surface area contributed by atoms with E-state index in [0.29, 0.717) is 29.3 Å². The highest BCUT2D eigenvalue weighted by atomic mass is 32.2. The Morgan fingerprint density at radius 1 is 1.10 bits per heavy atom. The summed E-state index contributed by atoms with van der Waals surface area (Å²) in [5.41, 5.74) is 0.921. The van der Waals surface area contributed by atoms with Crippen LogP contribution in [0.4, 0.5) is 0 Å². The SMILES string of the molecule is CC1CCC(C)C(S(=O)(=O)c2ccc(CNC(=O)C3CC4CNCCC4N3)cc2)C1. The Bertz CT molecular complexity index is 841. The van der Waals surface area contributed by atoms with E-state index < -0.39 is 9.84 Å². The van der Waals surface area contributed by atoms with Crippen molar-refractivity contribution in [2.24, 2.45) is 17.8 Å². The van der Waals surface area contributed by atoms with Gasteiger partial charge >= 0.3 is 0 Å². The van der Waals surface area contributed by atoms with Crippen LogP contribution in [0, 0.1) is 17.8 Å². The number of piperidine rings is 1. The van der Waals surface area contributed by atoms with Gasteiger partial charge in [-0.2, -0.15) is 0 Å². The van der Waals surface area contributed by atoms with Crippen molar-refractivity contribution in [2.45, 2.75) is 74.7 Å². The molecule has 6 atom stereocenters. The highest BCUT2D eigenvalue weighted by molar-refractivity contribution is 7.92. The molecule has 30 heavy (non-hydrogen) atoms. The van der Waals surface area contributed by atoms with E-state index in [1.807, 2.05) is 12.1 Å². The van der Waals surface area contributed by atoms with E-state index in [2.05, 4.69) is 29.8 Å². The quantitative estimate of drug-likeness (QED) is 0.663. The summed E-state index contributed by atoms with van der Waals surface area (Å²) in [6, 6.07) is 7.38. The highest BCUT2D eigenvalue weighted by Crippen LogP contribution is 2.35. The number of amides is 1. The molecule has 1 saturated carbocycles. The Morgan fingerprint density at radius 3 is 2.60 bits per heavy atom. The van der Waals surface area contributed by atoms with Crippen LogP contribution in [0.1, 0.15) is 51.5 Å². The third-order valence-corrected chi connectivity index (χ3v) is 9.76. The van der Waals surface area contributed by atoms with Crippen LogP contribution in [0.3, 0.4) is 0 Å². The number of sulfone groups is 1. The molecule has 1 amide bonds. The molecule has 3 N–H and O–H groups in total. The van der Waals surface area contributed by atoms with Crippen LogP contribution in [-0.4, -0.2) is 44.7 Å². The van der Waals surface area contributed by atoms with E-state index in [0.717, 1.165) is 50.8 Å². The molecule has 2 saturated heterocycles. The summed E-state index contributed by atoms with van der Waals surface area (Å²) in [5.74, 6) is 1.22. The van der Waals surface area contributed by atoms with Crippen LogP contribution in [0.15, 0.2) is 29.2 Å². The van der Waals surface area contributed by atoms with Crippen LogP contribution in [0.25, 0.3) is 0 Å². The number of nitrogens with one attached hydrogen (secondary N) is 3. The minimum atomic E-state index is -3.32. The second-order valence-electron chi connectivity index (χ2n) is 9.66. The van der Waals surface area contributed by atoms with Gasteiger partial charge in [0.2, 0.25) is 5.91 Å². The molecule has 0 radical (unpaired) electrons. The van der Waals surface area contributed by atoms with Gasteiger partial charge in [0, 0.05) is 12.6 Å². The molecule has 2 aliphatic heterocycles. The van der Waals surface area contributed by atoms with Crippen molar-refractivity contribution < 1.29 is 13.2 Å². The van der Waals surface area contributed by atoms with Gasteiger partial charge in [0.05, 0.1) is 16.2 Å². The zero-order valence-electron chi connectivity index (χ0n) is 18.1. The lowest BCUT2D eigenvalue weighted by molar-refractivity contribution is -0.123. The minimum absolute atomic E-state index is 0.0334. The van der Waals surface area contributed by atoms with Crippen molar-refractivity contribution >= 4 is 15.7 Å². The molecule has 1 aromatic rings. The molecule has 0 spiro atoms. The number of fused-ring (bicyclic) bond motifs is 1. The summed E-state index contributed by atoms with van der Waals surface area (Å²) in [6.45, 7) is 6.61. The lowest BCUT2D eigenvalue weighted by Gasteiger charge is -2.32. The van der Waals surface area contributed by atoms with Crippen LogP contribution in [0.5, 0.6) is 0 Å². The number of rotatable bonds is 5. The molecule has 0 aromatic heterocycles. The fourth-order valence-electron chi connectivity index (χ4n) is 5.40. The highest BCUT2D eigenvalue weighted by Gasteiger charge is 2.38. The molecule has 7 heteroatoms. The zero-order chi connectivity index (χ0) is 21.3. The van der Waals surface area contributed by atoms with Gasteiger partial charge in [-0.25, -0.2) is 8.42 Å². The maximum atomic E-state index is 13.1. The first-order valence-corrected chi connectivity index (χ1v) is 13.0. The number of carbonyl (C=O) groups is 1. The molecule has 6 unspecified atom stereocenters. The van der Waals surface area contributed by atoms with E-state index >= 15 is 0 Å². The van der Waals surface area contributed by atoms with Crippen LogP contribution in [0.2, 0.25) is 0 Å². The van der Waals surface area contributed by atoms with Crippen LogP contribution >= 0.6 is 0 Å². The number of hydrogen-bond acceptors (Lipinski definition) is 5. The Balaban J connectivity index is 1.34. The zero-order valence-corrected chi connectivity index (χ0v) is 18.9. The van der Waals surface area contributed by atoms with Crippen molar-refractivity contribution in [3.05, 3.63) is 29.8 Å². The van der Waals surface area contributed by atoms with E-state index in [1.54, 1.807) is 12.1 Å². The molecule has 3 fully saturated rings. The number of hydrogen-bond donors (Lipinski definition) is 3. The average Bonchev–Trinajstić information content (AvgIpc) is 3.18. The van der Waals surface area contributed by atoms with Gasteiger partial charge in [-0.05, 0) is 74.2 Å². The summed E-state index contributed by atoms with van der Waals surface area (Å²) in [7, 11) is -3.32. The van der Waals surface area contributed by atoms with Gasteiger partial charge < -0.3 is 16.0 Å². The minimum Gasteiger partial charge on any atom is -0.351 e. The topological polar surface area (TPSA) is 87.3 Å². The fraction of sp³-hybridized carbons (Fsp3) is 0.696. The smallest absolute Gasteiger partial charge is 0.237 e. The molecule has 166 valence electrons. The first-order valence-electron chi connectivity index (χ1n) is 11.4. The lowest BCUT2D eigenvalue weighted by atomic mass is 9.84. The van der Waals surface area contributed by atoms with E-state index in [4.69, 9.17) is 0 Å². The second-order valence-corrected chi connectivity index (χ2v) is 11.8. The van der Waals surface area contributed by atoms with Gasteiger partial charge in [-0.1, -0.05) is 32.4 Å². The van der Waals surface area contributed by atoms with Gasteiger partial charge in [0.1, 0.15) is 0 Å². The largest absolute Gasteiger partial charge is 0.351 e. The predicted molar refractivity (Wildman–Crippen MR) is 118 cm³/mol. The summed E-state index contributed by atoms with van der Waals surface area (Å²) in [5, 5.41) is 9.59. The molecule has 1 aromatic carbocycles. The van der Waals surface area contributed by atoms with Crippen molar-refractivity contribution in [1.29, 1.82) is 0 Å². The molecule has 6 nitrogen and oxygen atoms in total. The molecule has 0 bridgehead atoms. The Labute approximate surface area is 180 Å². The van der Waals surface area contributed by atoms with Gasteiger partial charge in [0.15, 0.2) is 9.84 Å².